The van der Waals surface area contributed by atoms with Crippen LogP contribution in [0.15, 0.2) is 0 Å². The van der Waals surface area contributed by atoms with Gasteiger partial charge in [-0.1, -0.05) is 0 Å². The van der Waals surface area contributed by atoms with Crippen molar-refractivity contribution in [2.24, 2.45) is 0 Å². The van der Waals surface area contributed by atoms with E-state index < -0.39 is 22.7 Å². The maximum absolute atomic E-state index is 8.35. The minimum atomic E-state index is -0.417. The minimum Gasteiger partial charge on any atom is -0.544 e. The number of halogens is 3. The number of hydrogen-bond acceptors (Lipinski definition) is 6. The molecule has 0 aromatic heterocycles. The Bertz CT molecular complexity index is 20.5. The van der Waals surface area contributed by atoms with Crippen molar-refractivity contribution in [3.8, 4) is 0 Å². The van der Waals surface area contributed by atoms with E-state index in [-0.39, 0.29) is 70.4 Å². The Balaban J connectivity index is -0.0000000150. The van der Waals surface area contributed by atoms with Crippen molar-refractivity contribution in [2.75, 3.05) is 0 Å². The van der Waals surface area contributed by atoms with Crippen LogP contribution >= 0.6 is 0 Å². The normalized spacial score (nSPS) is 4.91. The third-order valence-corrected chi connectivity index (χ3v) is 0. The Morgan fingerprint density at radius 2 is 0.727 bits per heavy atom. The van der Waals surface area contributed by atoms with Crippen LogP contribution in [0.5, 0.6) is 0 Å². The fraction of sp³-hybridized carbons (Fsp3) is 0. The van der Waals surface area contributed by atoms with Gasteiger partial charge in [0.2, 0.25) is 0 Å². The zero-order chi connectivity index (χ0) is 8.12. The average Bonchev–Trinajstić information content (AvgIpc) is 1.70. The molecule has 0 aromatic carbocycles. The molecule has 0 atom stereocenters. The zero-order valence-corrected chi connectivity index (χ0v) is 11.9. The topological polar surface area (TPSA) is 136 Å². The van der Waals surface area contributed by atoms with Crippen LogP contribution in [-0.4, -0.2) is 4.66 Å². The second-order valence-electron chi connectivity index (χ2n) is 0.195. The van der Waals surface area contributed by atoms with Gasteiger partial charge in [-0.2, -0.15) is 0 Å². The summed E-state index contributed by atoms with van der Waals surface area (Å²) in [7, 11) is 0. The van der Waals surface area contributed by atoms with Crippen molar-refractivity contribution in [1.29, 1.82) is 0 Å². The molecule has 0 amide bonds. The van der Waals surface area contributed by atoms with Gasteiger partial charge in [0.25, 0.3) is 0 Å². The molecule has 0 rings (SSSR count). The van der Waals surface area contributed by atoms with Crippen molar-refractivity contribution >= 4 is 0 Å². The second kappa shape index (κ2) is 53.9. The Hall–Kier alpha value is 2.63. The van der Waals surface area contributed by atoms with E-state index in [9.17, 15) is 0 Å². The molecule has 11 heavy (non-hydrogen) atoms. The summed E-state index contributed by atoms with van der Waals surface area (Å²) in [6.45, 7) is 0. The molecule has 0 aliphatic heterocycles. The minimum absolute atomic E-state index is 0. The van der Waals surface area contributed by atoms with E-state index in [1.807, 2.05) is 0 Å². The average molecular weight is 249 g/mol. The first-order valence-corrected chi connectivity index (χ1v) is 2.82. The summed E-state index contributed by atoms with van der Waals surface area (Å²) in [5.41, 5.74) is 0. The standard InChI is InChI=1S/ClHO2.2ClO2.2Na/c3*2-1-3;;/h2H;;;;/q;2*-1;2*+1. The van der Waals surface area contributed by atoms with E-state index in [1.54, 1.807) is 0 Å². The SMILES string of the molecule is [Na+].[Na+].[O-][Cl+]O.[O-][Cl+][O-].[O-][Cl+][O-]. The molecular formula is HCl3Na2O6. The molecule has 0 unspecified atom stereocenters. The predicted molar refractivity (Wildman–Crippen MR) is 2.22 cm³/mol. The summed E-state index contributed by atoms with van der Waals surface area (Å²) in [6.07, 6.45) is 0. The molecule has 0 spiro atoms. The third kappa shape index (κ3) is 206. The first-order chi connectivity index (χ1) is 4.24. The van der Waals surface area contributed by atoms with Gasteiger partial charge in [0.15, 0.2) is 0 Å². The van der Waals surface area contributed by atoms with Crippen LogP contribution in [0.2, 0.25) is 0 Å². The van der Waals surface area contributed by atoms with Crippen LogP contribution in [0.4, 0.5) is 0 Å². The molecule has 0 fully saturated rings. The molecular weight excluding hydrogens is 248 g/mol. The second-order valence-corrected chi connectivity index (χ2v) is 0.585. The van der Waals surface area contributed by atoms with Crippen molar-refractivity contribution in [3.05, 3.63) is 0 Å². The molecule has 60 valence electrons. The molecule has 0 aromatic rings. The van der Waals surface area contributed by atoms with Crippen molar-refractivity contribution in [3.63, 3.8) is 0 Å². The van der Waals surface area contributed by atoms with Crippen LogP contribution < -0.4 is 82.4 Å². The van der Waals surface area contributed by atoms with Gasteiger partial charge in [-0.05, 0) is 0 Å². The Labute approximate surface area is 119 Å². The molecule has 1 N–H and O–H groups in total. The predicted octanol–water partition coefficient (Wildman–Crippen LogP) is -12.5. The van der Waals surface area contributed by atoms with Crippen LogP contribution in [0.3, 0.4) is 0 Å². The smallest absolute Gasteiger partial charge is 0.544 e. The monoisotopic (exact) mass is 248 g/mol. The number of rotatable bonds is 0. The fourth-order valence-corrected chi connectivity index (χ4v) is 0. The van der Waals surface area contributed by atoms with Gasteiger partial charge >= 0.3 is 70.4 Å². The van der Waals surface area contributed by atoms with E-state index >= 15 is 0 Å². The van der Waals surface area contributed by atoms with Crippen LogP contribution in [0.25, 0.3) is 0 Å². The summed E-state index contributed by atoms with van der Waals surface area (Å²) in [5, 5.41) is 0. The largest absolute Gasteiger partial charge is 1.00 e. The molecule has 11 heteroatoms. The number of hydrogen-bond donors (Lipinski definition) is 1. The first-order valence-electron chi connectivity index (χ1n) is 0.941. The summed E-state index contributed by atoms with van der Waals surface area (Å²) >= 11 is -1.00. The molecule has 6 nitrogen and oxygen atoms in total. The van der Waals surface area contributed by atoms with Crippen LogP contribution in [-0.2, 0) is 0 Å². The van der Waals surface area contributed by atoms with Gasteiger partial charge in [-0.15, -0.1) is 4.66 Å². The van der Waals surface area contributed by atoms with E-state index in [4.69, 9.17) is 28.0 Å². The summed E-state index contributed by atoms with van der Waals surface area (Å²) in [6, 6.07) is 0. The van der Waals surface area contributed by atoms with Gasteiger partial charge in [-0.25, -0.2) is 0 Å². The van der Waals surface area contributed by atoms with Gasteiger partial charge in [-0.3, -0.25) is 0 Å². The summed E-state index contributed by atoms with van der Waals surface area (Å²) in [4.78, 5) is 0. The Morgan fingerprint density at radius 1 is 0.727 bits per heavy atom. The summed E-state index contributed by atoms with van der Waals surface area (Å²) < 4.78 is 48.2. The van der Waals surface area contributed by atoms with Gasteiger partial charge in [0, 0.05) is 0 Å². The first kappa shape index (κ1) is 29.2. The molecule has 0 heterocycles. The maximum atomic E-state index is 8.35. The Kier molecular flexibility index (Phi) is 143. The molecule has 0 saturated heterocycles. The van der Waals surface area contributed by atoms with E-state index in [0.29, 0.717) is 0 Å². The zero-order valence-electron chi connectivity index (χ0n) is 5.62. The van der Waals surface area contributed by atoms with Crippen LogP contribution in [0.1, 0.15) is 0 Å². The molecule has 0 aliphatic rings. The molecule has 0 radical (unpaired) electrons. The molecule has 0 aliphatic carbocycles. The van der Waals surface area contributed by atoms with Gasteiger partial charge in [0.05, 0.1) is 22.7 Å². The summed E-state index contributed by atoms with van der Waals surface area (Å²) in [5.74, 6) is 0. The van der Waals surface area contributed by atoms with Crippen molar-refractivity contribution in [2.45, 2.75) is 0 Å². The quantitative estimate of drug-likeness (QED) is 0.423. The maximum Gasteiger partial charge on any atom is 1.00 e. The van der Waals surface area contributed by atoms with Crippen LogP contribution in [0, 0.1) is 34.0 Å². The third-order valence-electron chi connectivity index (χ3n) is 0. The van der Waals surface area contributed by atoms with E-state index in [0.717, 1.165) is 0 Å². The molecule has 0 bridgehead atoms. The fourth-order valence-electron chi connectivity index (χ4n) is 0. The van der Waals surface area contributed by atoms with Crippen molar-refractivity contribution in [1.82, 2.24) is 0 Å². The molecule has 0 saturated carbocycles. The van der Waals surface area contributed by atoms with E-state index in [2.05, 4.69) is 0 Å². The van der Waals surface area contributed by atoms with Gasteiger partial charge in [0.1, 0.15) is 0 Å². The van der Waals surface area contributed by atoms with Gasteiger partial charge < -0.3 is 23.3 Å². The van der Waals surface area contributed by atoms with E-state index in [1.165, 1.54) is 0 Å². The van der Waals surface area contributed by atoms with Crippen molar-refractivity contribution < 1.29 is 121 Å². The Morgan fingerprint density at radius 3 is 0.727 bits per heavy atom.